The van der Waals surface area contributed by atoms with Crippen LogP contribution in [0.5, 0.6) is 5.75 Å². The molecule has 0 fully saturated rings. The number of hydrogen-bond donors (Lipinski definition) is 2. The summed E-state index contributed by atoms with van der Waals surface area (Å²) in [6.07, 6.45) is -0.873. The number of hydrogen-bond acceptors (Lipinski definition) is 5. The van der Waals surface area contributed by atoms with Gasteiger partial charge in [0.05, 0.1) is 45.7 Å². The average Bonchev–Trinajstić information content (AvgIpc) is 2.68. The summed E-state index contributed by atoms with van der Waals surface area (Å²) < 4.78 is 16.3. The maximum absolute atomic E-state index is 10.2. The Hall–Kier alpha value is -2.18. The second-order valence-corrected chi connectivity index (χ2v) is 6.11. The molecule has 0 saturated carbocycles. The summed E-state index contributed by atoms with van der Waals surface area (Å²) in [6.45, 7) is 5.23. The Morgan fingerprint density at radius 3 is 2.27 bits per heavy atom. The summed E-state index contributed by atoms with van der Waals surface area (Å²) >= 11 is 0. The molecule has 2 aromatic carbocycles. The number of rotatable bonds is 11. The summed E-state index contributed by atoms with van der Waals surface area (Å²) in [6, 6.07) is 16.9. The first-order valence-electron chi connectivity index (χ1n) is 8.54. The van der Waals surface area contributed by atoms with Crippen molar-refractivity contribution < 1.29 is 19.3 Å². The van der Waals surface area contributed by atoms with E-state index < -0.39 is 12.1 Å². The fourth-order valence-electron chi connectivity index (χ4n) is 2.39. The van der Waals surface area contributed by atoms with E-state index in [1.807, 2.05) is 54.6 Å². The molecule has 0 amide bonds. The number of aliphatic hydroxyl groups excluding tert-OH is 1. The fourth-order valence-corrected chi connectivity index (χ4v) is 2.39. The normalized spacial score (nSPS) is 13.2. The van der Waals surface area contributed by atoms with E-state index in [-0.39, 0.29) is 13.2 Å². The predicted molar refractivity (Wildman–Crippen MR) is 102 cm³/mol. The maximum Gasteiger partial charge on any atom is 0.118 e. The topological polar surface area (TPSA) is 73.9 Å². The van der Waals surface area contributed by atoms with Gasteiger partial charge in [0.25, 0.3) is 0 Å². The zero-order chi connectivity index (χ0) is 18.8. The van der Waals surface area contributed by atoms with Crippen molar-refractivity contribution in [3.05, 3.63) is 77.9 Å². The Labute approximate surface area is 155 Å². The Kier molecular flexibility index (Phi) is 8.31. The second kappa shape index (κ2) is 10.7. The van der Waals surface area contributed by atoms with Crippen LogP contribution in [0.25, 0.3) is 0 Å². The van der Waals surface area contributed by atoms with E-state index in [4.69, 9.17) is 19.9 Å². The molecule has 0 heterocycles. The lowest BCUT2D eigenvalue weighted by Crippen LogP contribution is -2.40. The third-order valence-corrected chi connectivity index (χ3v) is 3.96. The van der Waals surface area contributed by atoms with Crippen LogP contribution in [-0.2, 0) is 22.7 Å². The van der Waals surface area contributed by atoms with Gasteiger partial charge in [0.1, 0.15) is 5.75 Å². The predicted octanol–water partition coefficient (Wildman–Crippen LogP) is 2.67. The lowest BCUT2D eigenvalue weighted by molar-refractivity contribution is 0.0572. The first-order valence-corrected chi connectivity index (χ1v) is 8.54. The van der Waals surface area contributed by atoms with Gasteiger partial charge in [-0.05, 0) is 28.8 Å². The zero-order valence-electron chi connectivity index (χ0n) is 15.1. The molecule has 0 aliphatic rings. The molecule has 0 unspecified atom stereocenters. The van der Waals surface area contributed by atoms with Crippen molar-refractivity contribution in [1.29, 1.82) is 0 Å². The molecule has 0 bridgehead atoms. The van der Waals surface area contributed by atoms with Gasteiger partial charge in [-0.25, -0.2) is 0 Å². The van der Waals surface area contributed by atoms with E-state index in [9.17, 15) is 5.11 Å². The van der Waals surface area contributed by atoms with E-state index in [2.05, 4.69) is 6.58 Å². The molecule has 26 heavy (non-hydrogen) atoms. The Bertz CT molecular complexity index is 657. The van der Waals surface area contributed by atoms with E-state index in [0.29, 0.717) is 18.8 Å². The third-order valence-electron chi connectivity index (χ3n) is 3.96. The number of benzene rings is 2. The van der Waals surface area contributed by atoms with Gasteiger partial charge in [-0.2, -0.15) is 0 Å². The summed E-state index contributed by atoms with van der Waals surface area (Å²) in [4.78, 5) is 0. The Balaban J connectivity index is 1.66. The minimum Gasteiger partial charge on any atom is -0.497 e. The molecule has 140 valence electrons. The first kappa shape index (κ1) is 20.1. The highest BCUT2D eigenvalue weighted by molar-refractivity contribution is 5.26. The monoisotopic (exact) mass is 357 g/mol. The number of methoxy groups -OCH3 is 1. The van der Waals surface area contributed by atoms with Crippen molar-refractivity contribution in [3.63, 3.8) is 0 Å². The van der Waals surface area contributed by atoms with Crippen LogP contribution in [-0.4, -0.2) is 37.6 Å². The molecule has 5 heteroatoms. The van der Waals surface area contributed by atoms with Gasteiger partial charge >= 0.3 is 0 Å². The molecule has 5 nitrogen and oxygen atoms in total. The SMILES string of the molecule is C=C(COCc1ccccc1)[C@H](O)[C@H](N)COCc1ccc(OC)cc1. The number of aliphatic hydroxyl groups is 1. The van der Waals surface area contributed by atoms with E-state index in [1.54, 1.807) is 7.11 Å². The molecule has 2 atom stereocenters. The van der Waals surface area contributed by atoms with Gasteiger partial charge in [-0.1, -0.05) is 49.0 Å². The van der Waals surface area contributed by atoms with Crippen LogP contribution < -0.4 is 10.5 Å². The van der Waals surface area contributed by atoms with Crippen LogP contribution in [0.4, 0.5) is 0 Å². The van der Waals surface area contributed by atoms with Crippen LogP contribution in [0.2, 0.25) is 0 Å². The molecule has 0 radical (unpaired) electrons. The molecule has 2 rings (SSSR count). The van der Waals surface area contributed by atoms with Crippen molar-refractivity contribution in [3.8, 4) is 5.75 Å². The van der Waals surface area contributed by atoms with Crippen LogP contribution in [0, 0.1) is 0 Å². The molecular formula is C21H27NO4. The van der Waals surface area contributed by atoms with Crippen molar-refractivity contribution in [2.75, 3.05) is 20.3 Å². The van der Waals surface area contributed by atoms with Crippen LogP contribution in [0.3, 0.4) is 0 Å². The highest BCUT2D eigenvalue weighted by Crippen LogP contribution is 2.12. The zero-order valence-corrected chi connectivity index (χ0v) is 15.1. The van der Waals surface area contributed by atoms with Gasteiger partial charge in [0, 0.05) is 0 Å². The largest absolute Gasteiger partial charge is 0.497 e. The van der Waals surface area contributed by atoms with Gasteiger partial charge in [0.15, 0.2) is 0 Å². The minimum atomic E-state index is -0.873. The highest BCUT2D eigenvalue weighted by atomic mass is 16.5. The molecule has 2 aromatic rings. The fraction of sp³-hybridized carbons (Fsp3) is 0.333. The van der Waals surface area contributed by atoms with Crippen LogP contribution in [0.1, 0.15) is 11.1 Å². The van der Waals surface area contributed by atoms with Crippen molar-refractivity contribution in [2.45, 2.75) is 25.4 Å². The molecule has 0 aliphatic heterocycles. The summed E-state index contributed by atoms with van der Waals surface area (Å²) in [5.74, 6) is 0.799. The average molecular weight is 357 g/mol. The van der Waals surface area contributed by atoms with Crippen LogP contribution in [0.15, 0.2) is 66.7 Å². The van der Waals surface area contributed by atoms with Gasteiger partial charge in [0.2, 0.25) is 0 Å². The molecule has 3 N–H and O–H groups in total. The molecular weight excluding hydrogens is 330 g/mol. The van der Waals surface area contributed by atoms with Gasteiger partial charge < -0.3 is 25.1 Å². The standard InChI is InChI=1S/C21H27NO4/c1-16(12-25-13-17-6-4-3-5-7-17)21(23)20(22)15-26-14-18-8-10-19(24-2)11-9-18/h3-11,20-21,23H,1,12-15,22H2,2H3/t20-,21+/m1/s1. The summed E-state index contributed by atoms with van der Waals surface area (Å²) in [7, 11) is 1.63. The second-order valence-electron chi connectivity index (χ2n) is 6.11. The molecule has 0 saturated heterocycles. The number of nitrogens with two attached hydrogens (primary N) is 1. The summed E-state index contributed by atoms with van der Waals surface area (Å²) in [5, 5.41) is 10.2. The maximum atomic E-state index is 10.2. The quantitative estimate of drug-likeness (QED) is 0.605. The molecule has 0 spiro atoms. The molecule has 0 aromatic heterocycles. The lowest BCUT2D eigenvalue weighted by Gasteiger charge is -2.21. The highest BCUT2D eigenvalue weighted by Gasteiger charge is 2.18. The Morgan fingerprint density at radius 2 is 1.62 bits per heavy atom. The van der Waals surface area contributed by atoms with Crippen molar-refractivity contribution in [1.82, 2.24) is 0 Å². The minimum absolute atomic E-state index is 0.227. The van der Waals surface area contributed by atoms with E-state index in [0.717, 1.165) is 16.9 Å². The third kappa shape index (κ3) is 6.61. The molecule has 0 aliphatic carbocycles. The Morgan fingerprint density at radius 1 is 1.00 bits per heavy atom. The van der Waals surface area contributed by atoms with Crippen LogP contribution >= 0.6 is 0 Å². The number of ether oxygens (including phenoxy) is 3. The van der Waals surface area contributed by atoms with Crippen molar-refractivity contribution in [2.24, 2.45) is 5.73 Å². The van der Waals surface area contributed by atoms with Crippen molar-refractivity contribution >= 4 is 0 Å². The van der Waals surface area contributed by atoms with Gasteiger partial charge in [-0.3, -0.25) is 0 Å². The van der Waals surface area contributed by atoms with E-state index >= 15 is 0 Å². The van der Waals surface area contributed by atoms with E-state index in [1.165, 1.54) is 0 Å². The summed E-state index contributed by atoms with van der Waals surface area (Å²) in [5.41, 5.74) is 8.63. The smallest absolute Gasteiger partial charge is 0.118 e. The first-order chi connectivity index (χ1) is 12.6. The lowest BCUT2D eigenvalue weighted by atomic mass is 10.1. The van der Waals surface area contributed by atoms with Gasteiger partial charge in [-0.15, -0.1) is 0 Å².